The van der Waals surface area contributed by atoms with Gasteiger partial charge in [-0.05, 0) is 30.9 Å². The molecule has 0 heterocycles. The highest BCUT2D eigenvalue weighted by Gasteiger charge is 2.36. The van der Waals surface area contributed by atoms with Gasteiger partial charge in [-0.2, -0.15) is 0 Å². The van der Waals surface area contributed by atoms with Gasteiger partial charge in [0.1, 0.15) is 5.75 Å². The summed E-state index contributed by atoms with van der Waals surface area (Å²) in [7, 11) is 0. The first-order chi connectivity index (χ1) is 8.29. The highest BCUT2D eigenvalue weighted by atomic mass is 79.9. The summed E-state index contributed by atoms with van der Waals surface area (Å²) in [5.74, 6) is 1.01. The van der Waals surface area contributed by atoms with E-state index in [-0.39, 0.29) is 0 Å². The number of ether oxygens (including phenoxy) is 1. The van der Waals surface area contributed by atoms with Gasteiger partial charge in [-0.15, -0.1) is 6.58 Å². The van der Waals surface area contributed by atoms with E-state index in [0.717, 1.165) is 24.1 Å². The molecule has 0 radical (unpaired) electrons. The van der Waals surface area contributed by atoms with Gasteiger partial charge in [0, 0.05) is 10.7 Å². The van der Waals surface area contributed by atoms with Crippen LogP contribution in [0.1, 0.15) is 24.8 Å². The summed E-state index contributed by atoms with van der Waals surface area (Å²) >= 11 is 3.61. The molecule has 1 saturated carbocycles. The van der Waals surface area contributed by atoms with Gasteiger partial charge in [-0.3, -0.25) is 0 Å². The number of halogens is 1. The lowest BCUT2D eigenvalue weighted by Gasteiger charge is -2.40. The third-order valence-corrected chi connectivity index (χ3v) is 4.76. The van der Waals surface area contributed by atoms with E-state index < -0.39 is 0 Å². The highest BCUT2D eigenvalue weighted by Crippen LogP contribution is 2.42. The molecule has 0 amide bonds. The SMILES string of the molecule is C=CCc1ccccc1OCC1(CBr)CCC1. The summed E-state index contributed by atoms with van der Waals surface area (Å²) in [6.45, 7) is 4.61. The Labute approximate surface area is 112 Å². The average molecular weight is 295 g/mol. The maximum Gasteiger partial charge on any atom is 0.122 e. The van der Waals surface area contributed by atoms with Crippen LogP contribution in [0.25, 0.3) is 0 Å². The first-order valence-corrected chi connectivity index (χ1v) is 7.29. The van der Waals surface area contributed by atoms with Crippen LogP contribution in [0.4, 0.5) is 0 Å². The summed E-state index contributed by atoms with van der Waals surface area (Å²) in [5, 5.41) is 1.05. The number of hydrogen-bond acceptors (Lipinski definition) is 1. The molecule has 0 N–H and O–H groups in total. The lowest BCUT2D eigenvalue weighted by Crippen LogP contribution is -2.37. The van der Waals surface area contributed by atoms with E-state index in [4.69, 9.17) is 4.74 Å². The van der Waals surface area contributed by atoms with Gasteiger partial charge < -0.3 is 4.74 Å². The predicted octanol–water partition coefficient (Wildman–Crippen LogP) is 4.36. The Morgan fingerprint density at radius 3 is 2.71 bits per heavy atom. The van der Waals surface area contributed by atoms with Crippen molar-refractivity contribution in [3.8, 4) is 5.75 Å². The van der Waals surface area contributed by atoms with E-state index in [0.29, 0.717) is 5.41 Å². The Hall–Kier alpha value is -0.760. The van der Waals surface area contributed by atoms with Crippen molar-refractivity contribution in [2.75, 3.05) is 11.9 Å². The molecule has 92 valence electrons. The van der Waals surface area contributed by atoms with Crippen LogP contribution in [-0.4, -0.2) is 11.9 Å². The summed E-state index contributed by atoms with van der Waals surface area (Å²) in [6.07, 6.45) is 6.69. The van der Waals surface area contributed by atoms with Gasteiger partial charge in [0.2, 0.25) is 0 Å². The van der Waals surface area contributed by atoms with E-state index >= 15 is 0 Å². The second-order valence-corrected chi connectivity index (χ2v) is 5.44. The highest BCUT2D eigenvalue weighted by molar-refractivity contribution is 9.09. The van der Waals surface area contributed by atoms with Crippen LogP contribution in [-0.2, 0) is 6.42 Å². The van der Waals surface area contributed by atoms with Crippen molar-refractivity contribution in [2.45, 2.75) is 25.7 Å². The van der Waals surface area contributed by atoms with Gasteiger partial charge in [0.05, 0.1) is 6.61 Å². The van der Waals surface area contributed by atoms with Crippen molar-refractivity contribution in [2.24, 2.45) is 5.41 Å². The van der Waals surface area contributed by atoms with Crippen molar-refractivity contribution in [3.63, 3.8) is 0 Å². The molecular formula is C15H19BrO. The Bertz CT molecular complexity index is 377. The lowest BCUT2D eigenvalue weighted by molar-refractivity contribution is 0.0833. The maximum absolute atomic E-state index is 6.01. The van der Waals surface area contributed by atoms with Crippen LogP contribution in [0.2, 0.25) is 0 Å². The largest absolute Gasteiger partial charge is 0.493 e. The zero-order valence-electron chi connectivity index (χ0n) is 10.1. The van der Waals surface area contributed by atoms with E-state index in [9.17, 15) is 0 Å². The van der Waals surface area contributed by atoms with E-state index in [1.807, 2.05) is 12.1 Å². The molecule has 0 saturated heterocycles. The van der Waals surface area contributed by atoms with Crippen LogP contribution in [0.15, 0.2) is 36.9 Å². The second-order valence-electron chi connectivity index (χ2n) is 4.88. The van der Waals surface area contributed by atoms with Gasteiger partial charge in [-0.25, -0.2) is 0 Å². The number of para-hydroxylation sites is 1. The molecule has 0 aliphatic heterocycles. The molecule has 17 heavy (non-hydrogen) atoms. The molecule has 1 aromatic carbocycles. The minimum absolute atomic E-state index is 0.376. The minimum atomic E-state index is 0.376. The van der Waals surface area contributed by atoms with E-state index in [1.54, 1.807) is 0 Å². The Morgan fingerprint density at radius 1 is 1.35 bits per heavy atom. The third kappa shape index (κ3) is 2.92. The topological polar surface area (TPSA) is 9.23 Å². The quantitative estimate of drug-likeness (QED) is 0.559. The number of allylic oxidation sites excluding steroid dienone is 1. The van der Waals surface area contributed by atoms with Gasteiger partial charge >= 0.3 is 0 Å². The summed E-state index contributed by atoms with van der Waals surface area (Å²) in [4.78, 5) is 0. The van der Waals surface area contributed by atoms with Crippen LogP contribution >= 0.6 is 15.9 Å². The summed E-state index contributed by atoms with van der Waals surface area (Å²) < 4.78 is 6.01. The fraction of sp³-hybridized carbons (Fsp3) is 0.467. The number of hydrogen-bond donors (Lipinski definition) is 0. The van der Waals surface area contributed by atoms with Crippen molar-refractivity contribution >= 4 is 15.9 Å². The molecule has 1 aliphatic rings. The van der Waals surface area contributed by atoms with Crippen LogP contribution in [0.3, 0.4) is 0 Å². The van der Waals surface area contributed by atoms with Crippen LogP contribution in [0.5, 0.6) is 5.75 Å². The zero-order chi connectivity index (χ0) is 12.1. The average Bonchev–Trinajstić information content (AvgIpc) is 2.31. The number of benzene rings is 1. The van der Waals surface area contributed by atoms with Crippen molar-refractivity contribution in [1.82, 2.24) is 0 Å². The first kappa shape index (κ1) is 12.7. The van der Waals surface area contributed by atoms with Crippen LogP contribution < -0.4 is 4.74 Å². The Morgan fingerprint density at radius 2 is 2.12 bits per heavy atom. The van der Waals surface area contributed by atoms with Crippen molar-refractivity contribution < 1.29 is 4.74 Å². The molecule has 1 aromatic rings. The molecule has 0 unspecified atom stereocenters. The minimum Gasteiger partial charge on any atom is -0.493 e. The molecule has 0 atom stereocenters. The molecule has 0 bridgehead atoms. The van der Waals surface area contributed by atoms with Crippen LogP contribution in [0, 0.1) is 5.41 Å². The maximum atomic E-state index is 6.01. The van der Waals surface area contributed by atoms with E-state index in [1.165, 1.54) is 24.8 Å². The fourth-order valence-electron chi connectivity index (χ4n) is 2.19. The Kier molecular flexibility index (Phi) is 4.27. The lowest BCUT2D eigenvalue weighted by atomic mass is 9.71. The molecule has 2 heteroatoms. The van der Waals surface area contributed by atoms with Gasteiger partial charge in [-0.1, -0.05) is 46.6 Å². The molecule has 0 aromatic heterocycles. The standard InChI is InChI=1S/C15H19BrO/c1-2-6-13-7-3-4-8-14(13)17-12-15(11-16)9-5-10-15/h2-4,7-8H,1,5-6,9-12H2. The Balaban J connectivity index is 2.00. The second kappa shape index (κ2) is 5.72. The fourth-order valence-corrected chi connectivity index (χ4v) is 2.92. The molecule has 2 rings (SSSR count). The van der Waals surface area contributed by atoms with Crippen molar-refractivity contribution in [3.05, 3.63) is 42.5 Å². The normalized spacial score (nSPS) is 17.2. The first-order valence-electron chi connectivity index (χ1n) is 6.17. The third-order valence-electron chi connectivity index (χ3n) is 3.57. The zero-order valence-corrected chi connectivity index (χ0v) is 11.7. The molecule has 1 nitrogen and oxygen atoms in total. The molecule has 1 fully saturated rings. The molecule has 0 spiro atoms. The van der Waals surface area contributed by atoms with E-state index in [2.05, 4.69) is 40.7 Å². The number of rotatable bonds is 6. The smallest absolute Gasteiger partial charge is 0.122 e. The summed E-state index contributed by atoms with van der Waals surface area (Å²) in [6, 6.07) is 8.25. The monoisotopic (exact) mass is 294 g/mol. The predicted molar refractivity (Wildman–Crippen MR) is 75.9 cm³/mol. The van der Waals surface area contributed by atoms with Gasteiger partial charge in [0.25, 0.3) is 0 Å². The van der Waals surface area contributed by atoms with Crippen molar-refractivity contribution in [1.29, 1.82) is 0 Å². The molecular weight excluding hydrogens is 276 g/mol. The molecule has 1 aliphatic carbocycles. The van der Waals surface area contributed by atoms with Gasteiger partial charge in [0.15, 0.2) is 0 Å². The number of alkyl halides is 1. The summed E-state index contributed by atoms with van der Waals surface area (Å²) in [5.41, 5.74) is 1.60.